The van der Waals surface area contributed by atoms with Gasteiger partial charge >= 0.3 is 0 Å². The molecule has 0 unspecified atom stereocenters. The van der Waals surface area contributed by atoms with Gasteiger partial charge in [0.15, 0.2) is 0 Å². The molecule has 0 aliphatic heterocycles. The van der Waals surface area contributed by atoms with Crippen molar-refractivity contribution in [1.82, 2.24) is 0 Å². The number of hydrogen-bond acceptors (Lipinski definition) is 4. The van der Waals surface area contributed by atoms with Crippen LogP contribution in [0.5, 0.6) is 0 Å². The van der Waals surface area contributed by atoms with E-state index in [1.807, 2.05) is 24.3 Å². The molecule has 0 saturated carbocycles. The van der Waals surface area contributed by atoms with Crippen molar-refractivity contribution in [3.63, 3.8) is 0 Å². The summed E-state index contributed by atoms with van der Waals surface area (Å²) < 4.78 is 0. The quantitative estimate of drug-likeness (QED) is 0.154. The Labute approximate surface area is 272 Å². The van der Waals surface area contributed by atoms with Crippen LogP contribution in [0.1, 0.15) is 36.1 Å². The Morgan fingerprint density at radius 1 is 0.326 bits per heavy atom. The first-order valence-electron chi connectivity index (χ1n) is 16.0. The molecule has 0 bridgehead atoms. The van der Waals surface area contributed by atoms with Crippen LogP contribution in [0.15, 0.2) is 146 Å². The van der Waals surface area contributed by atoms with E-state index in [-0.39, 0.29) is 13.2 Å². The van der Waals surface area contributed by atoms with Crippen LogP contribution in [0.2, 0.25) is 0 Å². The molecule has 46 heavy (non-hydrogen) atoms. The summed E-state index contributed by atoms with van der Waals surface area (Å²) in [6.45, 7) is 4.39. The van der Waals surface area contributed by atoms with Gasteiger partial charge in [0.05, 0.1) is 13.2 Å². The summed E-state index contributed by atoms with van der Waals surface area (Å²) >= 11 is 0. The van der Waals surface area contributed by atoms with Crippen LogP contribution < -0.4 is 9.80 Å². The molecule has 4 nitrogen and oxygen atoms in total. The van der Waals surface area contributed by atoms with Gasteiger partial charge in [-0.2, -0.15) is 0 Å². The Morgan fingerprint density at radius 2 is 0.543 bits per heavy atom. The normalized spacial score (nSPS) is 11.0. The van der Waals surface area contributed by atoms with Gasteiger partial charge in [0.25, 0.3) is 0 Å². The van der Waals surface area contributed by atoms with Gasteiger partial charge < -0.3 is 20.0 Å². The fraction of sp³-hybridized carbons (Fsp3) is 0.143. The van der Waals surface area contributed by atoms with Crippen LogP contribution in [-0.4, -0.2) is 10.2 Å². The third kappa shape index (κ3) is 6.74. The molecule has 6 aromatic carbocycles. The Balaban J connectivity index is 1.31. The molecule has 230 valence electrons. The van der Waals surface area contributed by atoms with E-state index < -0.39 is 0 Å². The highest BCUT2D eigenvalue weighted by Crippen LogP contribution is 2.38. The maximum atomic E-state index is 9.58. The van der Waals surface area contributed by atoms with Crippen LogP contribution in [0.4, 0.5) is 34.1 Å². The molecule has 0 radical (unpaired) electrons. The zero-order valence-corrected chi connectivity index (χ0v) is 26.5. The summed E-state index contributed by atoms with van der Waals surface area (Å²) in [4.78, 5) is 4.49. The number of benzene rings is 6. The molecular formula is C42H40N2O2. The van der Waals surface area contributed by atoms with E-state index >= 15 is 0 Å². The minimum absolute atomic E-state index is 0.0256. The van der Waals surface area contributed by atoms with Crippen molar-refractivity contribution in [2.24, 2.45) is 0 Å². The predicted octanol–water partition coefficient (Wildman–Crippen LogP) is 10.4. The number of aryl methyl sites for hydroxylation is 2. The van der Waals surface area contributed by atoms with Crippen molar-refractivity contribution in [3.05, 3.63) is 168 Å². The Kier molecular flexibility index (Phi) is 9.59. The lowest BCUT2D eigenvalue weighted by Gasteiger charge is -2.26. The highest BCUT2D eigenvalue weighted by molar-refractivity contribution is 5.81. The third-order valence-corrected chi connectivity index (χ3v) is 8.54. The maximum absolute atomic E-state index is 9.58. The lowest BCUT2D eigenvalue weighted by Crippen LogP contribution is -2.10. The molecule has 0 atom stereocenters. The first kappa shape index (κ1) is 30.8. The molecule has 0 amide bonds. The molecule has 0 aliphatic carbocycles. The Hall–Kier alpha value is -5.16. The standard InChI is InChI=1S/C42H40N2O2/c1-3-31-5-17-37(18-6-31)43(39-21-9-33(29-45)10-22-39)41-25-13-35(14-26-41)36-15-27-42(28-16-36)44(38-19-7-32(4-2)8-20-38)40-23-11-34(30-46)12-24-40/h5-28,45-46H,3-4,29-30H2,1-2H3. The monoisotopic (exact) mass is 604 g/mol. The summed E-state index contributed by atoms with van der Waals surface area (Å²) in [5.74, 6) is 0. The van der Waals surface area contributed by atoms with E-state index in [0.717, 1.165) is 69.2 Å². The average Bonchev–Trinajstić information content (AvgIpc) is 3.13. The molecule has 2 N–H and O–H groups in total. The summed E-state index contributed by atoms with van der Waals surface area (Å²) in [7, 11) is 0. The van der Waals surface area contributed by atoms with Gasteiger partial charge in [-0.15, -0.1) is 0 Å². The fourth-order valence-corrected chi connectivity index (χ4v) is 5.76. The van der Waals surface area contributed by atoms with Crippen LogP contribution in [-0.2, 0) is 26.1 Å². The number of nitrogens with zero attached hydrogens (tertiary/aromatic N) is 2. The van der Waals surface area contributed by atoms with Gasteiger partial charge in [-0.25, -0.2) is 0 Å². The van der Waals surface area contributed by atoms with Crippen molar-refractivity contribution in [1.29, 1.82) is 0 Å². The summed E-state index contributed by atoms with van der Waals surface area (Å²) in [5.41, 5.74) is 13.0. The van der Waals surface area contributed by atoms with Crippen molar-refractivity contribution >= 4 is 34.1 Å². The molecular weight excluding hydrogens is 564 g/mol. The van der Waals surface area contributed by atoms with Crippen molar-refractivity contribution in [2.75, 3.05) is 9.80 Å². The first-order valence-corrected chi connectivity index (χ1v) is 16.0. The third-order valence-electron chi connectivity index (χ3n) is 8.54. The van der Waals surface area contributed by atoms with E-state index in [1.165, 1.54) is 11.1 Å². The van der Waals surface area contributed by atoms with Crippen molar-refractivity contribution in [3.8, 4) is 11.1 Å². The first-order chi connectivity index (χ1) is 22.6. The second-order valence-corrected chi connectivity index (χ2v) is 11.5. The molecule has 0 heterocycles. The number of anilines is 6. The lowest BCUT2D eigenvalue weighted by atomic mass is 10.0. The van der Waals surface area contributed by atoms with Crippen LogP contribution >= 0.6 is 0 Å². The minimum atomic E-state index is 0.0256. The van der Waals surface area contributed by atoms with Gasteiger partial charge in [-0.3, -0.25) is 0 Å². The highest BCUT2D eigenvalue weighted by atomic mass is 16.3. The predicted molar refractivity (Wildman–Crippen MR) is 192 cm³/mol. The zero-order chi connectivity index (χ0) is 31.9. The molecule has 6 aromatic rings. The molecule has 6 rings (SSSR count). The summed E-state index contributed by atoms with van der Waals surface area (Å²) in [6, 6.07) is 50.9. The summed E-state index contributed by atoms with van der Waals surface area (Å²) in [5, 5.41) is 19.2. The van der Waals surface area contributed by atoms with Crippen LogP contribution in [0.25, 0.3) is 11.1 Å². The highest BCUT2D eigenvalue weighted by Gasteiger charge is 2.15. The zero-order valence-electron chi connectivity index (χ0n) is 26.5. The number of aliphatic hydroxyl groups is 2. The molecule has 0 fully saturated rings. The maximum Gasteiger partial charge on any atom is 0.0681 e. The number of aliphatic hydroxyl groups excluding tert-OH is 2. The van der Waals surface area contributed by atoms with E-state index in [1.54, 1.807) is 0 Å². The minimum Gasteiger partial charge on any atom is -0.392 e. The van der Waals surface area contributed by atoms with E-state index in [4.69, 9.17) is 0 Å². The number of rotatable bonds is 11. The second-order valence-electron chi connectivity index (χ2n) is 11.5. The number of hydrogen-bond donors (Lipinski definition) is 2. The molecule has 0 saturated heterocycles. The SMILES string of the molecule is CCc1ccc(N(c2ccc(CO)cc2)c2ccc(-c3ccc(N(c4ccc(CC)cc4)c4ccc(CO)cc4)cc3)cc2)cc1. The average molecular weight is 605 g/mol. The fourth-order valence-electron chi connectivity index (χ4n) is 5.76. The van der Waals surface area contributed by atoms with Crippen LogP contribution in [0, 0.1) is 0 Å². The molecule has 0 aromatic heterocycles. The van der Waals surface area contributed by atoms with Gasteiger partial charge in [-0.1, -0.05) is 86.6 Å². The Bertz CT molecular complexity index is 1590. The molecule has 4 heteroatoms. The smallest absolute Gasteiger partial charge is 0.0681 e. The van der Waals surface area contributed by atoms with Crippen LogP contribution in [0.3, 0.4) is 0 Å². The van der Waals surface area contributed by atoms with E-state index in [0.29, 0.717) is 0 Å². The van der Waals surface area contributed by atoms with E-state index in [9.17, 15) is 10.2 Å². The molecule has 0 spiro atoms. The van der Waals surface area contributed by atoms with Gasteiger partial charge in [0.1, 0.15) is 0 Å². The molecule has 0 aliphatic rings. The second kappa shape index (κ2) is 14.3. The van der Waals surface area contributed by atoms with Crippen molar-refractivity contribution < 1.29 is 10.2 Å². The summed E-state index contributed by atoms with van der Waals surface area (Å²) in [6.07, 6.45) is 2.00. The van der Waals surface area contributed by atoms with E-state index in [2.05, 4.69) is 145 Å². The van der Waals surface area contributed by atoms with Crippen molar-refractivity contribution in [2.45, 2.75) is 39.9 Å². The van der Waals surface area contributed by atoms with Gasteiger partial charge in [0.2, 0.25) is 0 Å². The largest absolute Gasteiger partial charge is 0.392 e. The Morgan fingerprint density at radius 3 is 0.761 bits per heavy atom. The van der Waals surface area contributed by atoms with Gasteiger partial charge in [-0.05, 0) is 119 Å². The lowest BCUT2D eigenvalue weighted by molar-refractivity contribution is 0.281. The van der Waals surface area contributed by atoms with Gasteiger partial charge in [0, 0.05) is 34.1 Å². The topological polar surface area (TPSA) is 46.9 Å².